The maximum atomic E-state index is 13.3. The van der Waals surface area contributed by atoms with Crippen LogP contribution in [0.5, 0.6) is 0 Å². The van der Waals surface area contributed by atoms with Crippen LogP contribution in [0.3, 0.4) is 0 Å². The lowest BCUT2D eigenvalue weighted by Gasteiger charge is -2.02. The Morgan fingerprint density at radius 2 is 1.66 bits per heavy atom. The van der Waals surface area contributed by atoms with Gasteiger partial charge in [-0.15, -0.1) is 0 Å². The largest absolute Gasteiger partial charge is 0.283 e. The van der Waals surface area contributed by atoms with Crippen molar-refractivity contribution in [1.82, 2.24) is 18.8 Å². The fourth-order valence-corrected chi connectivity index (χ4v) is 5.57. The summed E-state index contributed by atoms with van der Waals surface area (Å²) in [5, 5.41) is 19.9. The molecular formula is C18H8N6O3S2. The van der Waals surface area contributed by atoms with Crippen molar-refractivity contribution in [3.05, 3.63) is 68.4 Å². The van der Waals surface area contributed by atoms with Gasteiger partial charge in [0.05, 0.1) is 25.4 Å². The Morgan fingerprint density at radius 3 is 2.45 bits per heavy atom. The monoisotopic (exact) mass is 420 g/mol. The van der Waals surface area contributed by atoms with E-state index in [0.717, 1.165) is 10.2 Å². The van der Waals surface area contributed by atoms with Crippen molar-refractivity contribution in [3.63, 3.8) is 0 Å². The number of benzene rings is 2. The third-order valence-electron chi connectivity index (χ3n) is 4.79. The Balaban J connectivity index is 1.83. The van der Waals surface area contributed by atoms with E-state index in [0.29, 0.717) is 20.1 Å². The van der Waals surface area contributed by atoms with Crippen LogP contribution in [0.25, 0.3) is 41.4 Å². The van der Waals surface area contributed by atoms with Gasteiger partial charge in [0, 0.05) is 12.1 Å². The summed E-state index contributed by atoms with van der Waals surface area (Å²) in [5.41, 5.74) is 1.11. The molecule has 2 aromatic carbocycles. The highest BCUT2D eigenvalue weighted by molar-refractivity contribution is 7.24. The quantitative estimate of drug-likeness (QED) is 0.323. The maximum absolute atomic E-state index is 13.3. The molecule has 0 atom stereocenters. The van der Waals surface area contributed by atoms with Gasteiger partial charge in [-0.05, 0) is 18.2 Å². The maximum Gasteiger partial charge on any atom is 0.272 e. The summed E-state index contributed by atoms with van der Waals surface area (Å²) in [6, 6.07) is 11.9. The van der Waals surface area contributed by atoms with Gasteiger partial charge in [0.1, 0.15) is 10.9 Å². The number of nitrogens with one attached hydrogen (secondary N) is 1. The molecule has 0 aliphatic rings. The summed E-state index contributed by atoms with van der Waals surface area (Å²) in [7, 11) is 0. The fraction of sp³-hybridized carbons (Fsp3) is 0. The van der Waals surface area contributed by atoms with Crippen LogP contribution >= 0.6 is 22.7 Å². The van der Waals surface area contributed by atoms with Crippen LogP contribution in [-0.4, -0.2) is 23.7 Å². The summed E-state index contributed by atoms with van der Waals surface area (Å²) < 4.78 is 4.58. The molecule has 0 radical (unpaired) electrons. The molecule has 6 aromatic rings. The number of para-hydroxylation sites is 1. The molecule has 0 amide bonds. The molecule has 4 heterocycles. The van der Waals surface area contributed by atoms with Crippen molar-refractivity contribution in [2.75, 3.05) is 0 Å². The third-order valence-corrected chi connectivity index (χ3v) is 6.82. The molecule has 9 nitrogen and oxygen atoms in total. The van der Waals surface area contributed by atoms with E-state index in [9.17, 15) is 14.9 Å². The molecule has 6 rings (SSSR count). The second kappa shape index (κ2) is 5.43. The number of thiazole rings is 2. The van der Waals surface area contributed by atoms with Gasteiger partial charge < -0.3 is 0 Å². The van der Waals surface area contributed by atoms with Gasteiger partial charge in [-0.25, -0.2) is 0 Å². The average molecular weight is 420 g/mol. The number of non-ortho nitro benzene ring substituents is 1. The zero-order chi connectivity index (χ0) is 19.9. The fourth-order valence-electron chi connectivity index (χ4n) is 3.51. The zero-order valence-corrected chi connectivity index (χ0v) is 16.0. The minimum atomic E-state index is -0.465. The third kappa shape index (κ3) is 2.08. The van der Waals surface area contributed by atoms with Crippen LogP contribution in [0.2, 0.25) is 0 Å². The van der Waals surface area contributed by atoms with Gasteiger partial charge in [0.15, 0.2) is 15.6 Å². The predicted molar refractivity (Wildman–Crippen MR) is 111 cm³/mol. The van der Waals surface area contributed by atoms with Crippen LogP contribution in [0.1, 0.15) is 0 Å². The molecule has 0 saturated heterocycles. The Morgan fingerprint density at radius 1 is 0.966 bits per heavy atom. The molecule has 4 aromatic heterocycles. The van der Waals surface area contributed by atoms with Crippen LogP contribution in [0, 0.1) is 15.5 Å². The highest BCUT2D eigenvalue weighted by Crippen LogP contribution is 2.29. The molecule has 0 unspecified atom stereocenters. The van der Waals surface area contributed by atoms with Gasteiger partial charge in [0.2, 0.25) is 0 Å². The molecule has 0 spiro atoms. The SMILES string of the molecule is N=c1c2c(=O)n3c(nc2nc2sc4cc([N+](=O)[O-])ccc4n12)sc1ccccc13. The van der Waals surface area contributed by atoms with Gasteiger partial charge in [-0.3, -0.25) is 29.1 Å². The number of hydrogen-bond donors (Lipinski definition) is 1. The number of nitro groups is 1. The molecule has 29 heavy (non-hydrogen) atoms. The first-order valence-electron chi connectivity index (χ1n) is 8.41. The lowest BCUT2D eigenvalue weighted by Crippen LogP contribution is -2.25. The van der Waals surface area contributed by atoms with Crippen molar-refractivity contribution < 1.29 is 4.92 Å². The second-order valence-corrected chi connectivity index (χ2v) is 8.41. The highest BCUT2D eigenvalue weighted by atomic mass is 32.1. The number of hydrogen-bond acceptors (Lipinski definition) is 8. The number of fused-ring (bicyclic) bond motifs is 7. The molecule has 0 aliphatic carbocycles. The summed E-state index contributed by atoms with van der Waals surface area (Å²) in [5.74, 6) is 0. The van der Waals surface area contributed by atoms with E-state index >= 15 is 0 Å². The topological polar surface area (TPSA) is 119 Å². The minimum absolute atomic E-state index is 0.0349. The van der Waals surface area contributed by atoms with E-state index in [1.165, 1.54) is 43.6 Å². The van der Waals surface area contributed by atoms with Gasteiger partial charge >= 0.3 is 0 Å². The van der Waals surface area contributed by atoms with E-state index in [1.54, 1.807) is 6.07 Å². The Bertz CT molecular complexity index is 1790. The Labute approximate surface area is 167 Å². The molecule has 0 fully saturated rings. The molecule has 0 aliphatic heterocycles. The molecule has 140 valence electrons. The van der Waals surface area contributed by atoms with Crippen molar-refractivity contribution in [3.8, 4) is 0 Å². The molecule has 11 heteroatoms. The standard InChI is InChI=1S/C18H8N6O3S2/c19-14-13-15(21-18-23(16(13)25)9-3-1-2-4-11(9)28-18)20-17-22(14)10-6-5-8(24(26)27)7-12(10)29-17/h1-7,19H. The van der Waals surface area contributed by atoms with Gasteiger partial charge in [0.25, 0.3) is 11.2 Å². The Hall–Kier alpha value is -3.70. The number of nitro benzene ring substituents is 1. The summed E-state index contributed by atoms with van der Waals surface area (Å²) in [6.45, 7) is 0. The lowest BCUT2D eigenvalue weighted by molar-refractivity contribution is -0.384. The summed E-state index contributed by atoms with van der Waals surface area (Å²) >= 11 is 2.60. The molecule has 1 N–H and O–H groups in total. The van der Waals surface area contributed by atoms with Crippen LogP contribution in [0.15, 0.2) is 47.3 Å². The van der Waals surface area contributed by atoms with Crippen molar-refractivity contribution in [2.24, 2.45) is 0 Å². The second-order valence-electron chi connectivity index (χ2n) is 6.39. The number of rotatable bonds is 1. The zero-order valence-electron chi connectivity index (χ0n) is 14.3. The molecular weight excluding hydrogens is 412 g/mol. The van der Waals surface area contributed by atoms with E-state index in [-0.39, 0.29) is 27.8 Å². The lowest BCUT2D eigenvalue weighted by atomic mass is 10.3. The summed E-state index contributed by atoms with van der Waals surface area (Å²) in [4.78, 5) is 33.9. The summed E-state index contributed by atoms with van der Waals surface area (Å²) in [6.07, 6.45) is 0. The average Bonchev–Trinajstić information content (AvgIpc) is 3.24. The Kier molecular flexibility index (Phi) is 3.05. The van der Waals surface area contributed by atoms with Crippen molar-refractivity contribution in [2.45, 2.75) is 0 Å². The number of aromatic nitrogens is 4. The van der Waals surface area contributed by atoms with Gasteiger partial charge in [-0.2, -0.15) is 9.97 Å². The first kappa shape index (κ1) is 16.3. The van der Waals surface area contributed by atoms with E-state index < -0.39 is 4.92 Å². The van der Waals surface area contributed by atoms with Gasteiger partial charge in [-0.1, -0.05) is 34.8 Å². The van der Waals surface area contributed by atoms with E-state index in [2.05, 4.69) is 9.97 Å². The van der Waals surface area contributed by atoms with Crippen LogP contribution in [-0.2, 0) is 0 Å². The van der Waals surface area contributed by atoms with Crippen molar-refractivity contribution >= 4 is 69.7 Å². The predicted octanol–water partition coefficient (Wildman–Crippen LogP) is 3.31. The van der Waals surface area contributed by atoms with E-state index in [4.69, 9.17) is 5.41 Å². The minimum Gasteiger partial charge on any atom is -0.283 e. The van der Waals surface area contributed by atoms with Crippen molar-refractivity contribution in [1.29, 1.82) is 5.41 Å². The first-order chi connectivity index (χ1) is 14.0. The normalized spacial score (nSPS) is 12.0. The highest BCUT2D eigenvalue weighted by Gasteiger charge is 2.18. The molecule has 0 saturated carbocycles. The smallest absolute Gasteiger partial charge is 0.272 e. The van der Waals surface area contributed by atoms with E-state index in [1.807, 2.05) is 24.3 Å². The van der Waals surface area contributed by atoms with Crippen LogP contribution in [0.4, 0.5) is 5.69 Å². The first-order valence-corrected chi connectivity index (χ1v) is 10.0. The van der Waals surface area contributed by atoms with Crippen LogP contribution < -0.4 is 11.0 Å². The number of nitrogens with zero attached hydrogens (tertiary/aromatic N) is 5. The molecule has 0 bridgehead atoms.